The largest absolute Gasteiger partial charge is 0.416 e. The highest BCUT2D eigenvalue weighted by Crippen LogP contribution is 2.42. The molecule has 3 aliphatic rings. The zero-order valence-electron chi connectivity index (χ0n) is 14.5. The average Bonchev–Trinajstić information content (AvgIpc) is 3.27. The van der Waals surface area contributed by atoms with Crippen LogP contribution in [-0.4, -0.2) is 42.1 Å². The number of anilines is 2. The fraction of sp³-hybridized carbons (Fsp3) is 0.353. The second-order valence-electron chi connectivity index (χ2n) is 6.47. The van der Waals surface area contributed by atoms with Crippen LogP contribution in [0.25, 0.3) is 0 Å². The number of hydrazone groups is 1. The third-order valence-corrected chi connectivity index (χ3v) is 4.56. The second-order valence-corrected chi connectivity index (χ2v) is 6.47. The van der Waals surface area contributed by atoms with Crippen molar-refractivity contribution in [3.05, 3.63) is 35.4 Å². The van der Waals surface area contributed by atoms with E-state index in [9.17, 15) is 18.0 Å². The molecule has 0 saturated heterocycles. The molecule has 3 aliphatic heterocycles. The minimum Gasteiger partial charge on any atom is -0.396 e. The summed E-state index contributed by atoms with van der Waals surface area (Å²) in [5.74, 6) is 0.666. The predicted octanol–water partition coefficient (Wildman–Crippen LogP) is 1.36. The lowest BCUT2D eigenvalue weighted by Gasteiger charge is -2.34. The van der Waals surface area contributed by atoms with E-state index in [1.165, 1.54) is 6.07 Å². The third-order valence-electron chi connectivity index (χ3n) is 4.56. The maximum Gasteiger partial charge on any atom is 0.416 e. The van der Waals surface area contributed by atoms with Gasteiger partial charge in [-0.1, -0.05) is 0 Å². The van der Waals surface area contributed by atoms with Gasteiger partial charge in [0.1, 0.15) is 11.9 Å². The van der Waals surface area contributed by atoms with Crippen molar-refractivity contribution in [2.75, 3.05) is 23.4 Å². The number of aliphatic hydroxyl groups excluding tert-OH is 1. The Hall–Kier alpha value is -3.08. The molecule has 1 amide bonds. The van der Waals surface area contributed by atoms with Crippen molar-refractivity contribution in [2.45, 2.75) is 25.1 Å². The lowest BCUT2D eigenvalue weighted by atomic mass is 10.1. The highest BCUT2D eigenvalue weighted by molar-refractivity contribution is 6.17. The molecule has 4 rings (SSSR count). The van der Waals surface area contributed by atoms with Gasteiger partial charge in [-0.2, -0.15) is 18.3 Å². The molecule has 11 heteroatoms. The highest BCUT2D eigenvalue weighted by atomic mass is 19.4. The molecule has 0 aromatic heterocycles. The van der Waals surface area contributed by atoms with Crippen molar-refractivity contribution in [1.82, 2.24) is 10.7 Å². The standard InChI is InChI=1S/C17H17F3N6O2/c18-17(19,20)9-2-3-12-10(6-9)23-15(21-4-1-5-27)16-22-8-13(26(12)16)11-7-14(28)25-24-11/h2-3,6,8,13,21,23,27H,1,4-5,7H2,(H,25,28). The first kappa shape index (κ1) is 18.3. The van der Waals surface area contributed by atoms with E-state index in [-0.39, 0.29) is 24.6 Å². The third kappa shape index (κ3) is 3.17. The molecule has 0 saturated carbocycles. The second kappa shape index (κ2) is 6.82. The van der Waals surface area contributed by atoms with Crippen molar-refractivity contribution < 1.29 is 23.1 Å². The number of halogens is 3. The normalized spacial score (nSPS) is 20.6. The number of benzene rings is 1. The minimum atomic E-state index is -4.47. The molecule has 1 unspecified atom stereocenters. The molecule has 1 aromatic carbocycles. The number of nitrogens with one attached hydrogen (secondary N) is 3. The smallest absolute Gasteiger partial charge is 0.396 e. The van der Waals surface area contributed by atoms with Crippen LogP contribution in [0.3, 0.4) is 0 Å². The molecule has 4 N–H and O–H groups in total. The number of hydrogen-bond donors (Lipinski definition) is 4. The van der Waals surface area contributed by atoms with Crippen LogP contribution in [0.1, 0.15) is 18.4 Å². The maximum atomic E-state index is 13.2. The summed E-state index contributed by atoms with van der Waals surface area (Å²) in [5.41, 5.74) is 2.91. The van der Waals surface area contributed by atoms with E-state index in [0.717, 1.165) is 12.1 Å². The molecule has 28 heavy (non-hydrogen) atoms. The molecule has 8 nitrogen and oxygen atoms in total. The van der Waals surface area contributed by atoms with Crippen LogP contribution in [0.2, 0.25) is 0 Å². The maximum absolute atomic E-state index is 13.2. The summed E-state index contributed by atoms with van der Waals surface area (Å²) in [6.45, 7) is 0.385. The van der Waals surface area contributed by atoms with Gasteiger partial charge < -0.3 is 20.6 Å². The van der Waals surface area contributed by atoms with Gasteiger partial charge in [0.05, 0.1) is 29.1 Å². The Balaban J connectivity index is 1.73. The van der Waals surface area contributed by atoms with Gasteiger partial charge in [0.2, 0.25) is 5.91 Å². The van der Waals surface area contributed by atoms with Gasteiger partial charge in [0.15, 0.2) is 5.82 Å². The molecule has 0 spiro atoms. The molecule has 0 aliphatic carbocycles. The van der Waals surface area contributed by atoms with Crippen LogP contribution in [0.5, 0.6) is 0 Å². The first-order valence-electron chi connectivity index (χ1n) is 8.64. The van der Waals surface area contributed by atoms with Gasteiger partial charge in [-0.05, 0) is 24.6 Å². The Morgan fingerprint density at radius 1 is 1.36 bits per heavy atom. The average molecular weight is 394 g/mol. The number of aliphatic imine (C=N–C) groups is 1. The van der Waals surface area contributed by atoms with Gasteiger partial charge in [-0.15, -0.1) is 0 Å². The lowest BCUT2D eigenvalue weighted by Crippen LogP contribution is -2.42. The number of amides is 1. The van der Waals surface area contributed by atoms with Gasteiger partial charge >= 0.3 is 6.18 Å². The van der Waals surface area contributed by atoms with Crippen LogP contribution in [0.15, 0.2) is 39.9 Å². The summed E-state index contributed by atoms with van der Waals surface area (Å²) in [6.07, 6.45) is -2.31. The zero-order valence-corrected chi connectivity index (χ0v) is 14.5. The summed E-state index contributed by atoms with van der Waals surface area (Å²) in [5, 5.41) is 19.0. The topological polar surface area (TPSA) is 101 Å². The molecule has 1 aromatic rings. The molecular weight excluding hydrogens is 377 g/mol. The van der Waals surface area contributed by atoms with Crippen molar-refractivity contribution >= 4 is 29.2 Å². The number of rotatable bonds is 5. The number of hydrogen-bond acceptors (Lipinski definition) is 7. The van der Waals surface area contributed by atoms with Gasteiger partial charge in [-0.25, -0.2) is 10.4 Å². The highest BCUT2D eigenvalue weighted by Gasteiger charge is 2.40. The molecule has 0 bridgehead atoms. The van der Waals surface area contributed by atoms with Crippen molar-refractivity contribution in [1.29, 1.82) is 0 Å². The predicted molar refractivity (Wildman–Crippen MR) is 96.8 cm³/mol. The van der Waals surface area contributed by atoms with E-state index < -0.39 is 17.8 Å². The van der Waals surface area contributed by atoms with Crippen LogP contribution in [-0.2, 0) is 11.0 Å². The summed E-state index contributed by atoms with van der Waals surface area (Å²) in [4.78, 5) is 17.7. The Labute approximate surface area is 157 Å². The summed E-state index contributed by atoms with van der Waals surface area (Å²) in [6, 6.07) is 2.94. The van der Waals surface area contributed by atoms with E-state index in [4.69, 9.17) is 5.11 Å². The van der Waals surface area contributed by atoms with E-state index in [1.54, 1.807) is 11.1 Å². The number of fused-ring (bicyclic) bond motifs is 3. The summed E-state index contributed by atoms with van der Waals surface area (Å²) < 4.78 is 39.5. The first-order valence-corrected chi connectivity index (χ1v) is 8.64. The van der Waals surface area contributed by atoms with Crippen molar-refractivity contribution in [3.63, 3.8) is 0 Å². The Kier molecular flexibility index (Phi) is 4.46. The molecule has 0 fully saturated rings. The van der Waals surface area contributed by atoms with Crippen molar-refractivity contribution in [2.24, 2.45) is 10.1 Å². The lowest BCUT2D eigenvalue weighted by molar-refractivity contribution is -0.137. The minimum absolute atomic E-state index is 0.0232. The first-order chi connectivity index (χ1) is 13.4. The Morgan fingerprint density at radius 3 is 2.86 bits per heavy atom. The Bertz CT molecular complexity index is 909. The number of aliphatic hydroxyl groups is 1. The van der Waals surface area contributed by atoms with E-state index in [2.05, 4.69) is 26.2 Å². The number of carbonyl (C=O) groups is 1. The monoisotopic (exact) mass is 394 g/mol. The number of alkyl halides is 3. The zero-order chi connectivity index (χ0) is 19.9. The van der Waals surface area contributed by atoms with E-state index in [1.807, 2.05) is 0 Å². The summed E-state index contributed by atoms with van der Waals surface area (Å²) >= 11 is 0. The SMILES string of the molecule is O=C1CC(C2C=NC3=C(NCCCO)Nc4cc(C(F)(F)F)ccc4N32)=NN1. The van der Waals surface area contributed by atoms with Gasteiger partial charge in [0, 0.05) is 19.4 Å². The summed E-state index contributed by atoms with van der Waals surface area (Å²) in [7, 11) is 0. The van der Waals surface area contributed by atoms with Gasteiger partial charge in [0.25, 0.3) is 0 Å². The van der Waals surface area contributed by atoms with Crippen LogP contribution in [0, 0.1) is 0 Å². The van der Waals surface area contributed by atoms with Crippen LogP contribution < -0.4 is 21.0 Å². The fourth-order valence-electron chi connectivity index (χ4n) is 3.26. The van der Waals surface area contributed by atoms with Gasteiger partial charge in [-0.3, -0.25) is 4.79 Å². The fourth-order valence-corrected chi connectivity index (χ4v) is 3.26. The molecule has 1 atom stereocenters. The van der Waals surface area contributed by atoms with Crippen LogP contribution >= 0.6 is 0 Å². The van der Waals surface area contributed by atoms with E-state index >= 15 is 0 Å². The van der Waals surface area contributed by atoms with E-state index in [0.29, 0.717) is 36.0 Å². The number of nitrogens with zero attached hydrogens (tertiary/aromatic N) is 3. The van der Waals surface area contributed by atoms with Crippen molar-refractivity contribution in [3.8, 4) is 0 Å². The molecule has 3 heterocycles. The molecule has 148 valence electrons. The number of carbonyl (C=O) groups excluding carboxylic acids is 1. The molecular formula is C17H17F3N6O2. The Morgan fingerprint density at radius 2 is 2.18 bits per heavy atom. The quantitative estimate of drug-likeness (QED) is 0.565. The molecule has 0 radical (unpaired) electrons. The van der Waals surface area contributed by atoms with Crippen LogP contribution in [0.4, 0.5) is 24.5 Å².